The van der Waals surface area contributed by atoms with Gasteiger partial charge in [-0.2, -0.15) is 11.3 Å². The first-order chi connectivity index (χ1) is 8.40. The van der Waals surface area contributed by atoms with Crippen LogP contribution in [0.3, 0.4) is 0 Å². The van der Waals surface area contributed by atoms with Crippen molar-refractivity contribution in [3.8, 4) is 0 Å². The van der Waals surface area contributed by atoms with Crippen LogP contribution in [0.15, 0.2) is 46.5 Å². The molecule has 0 fully saturated rings. The monoisotopic (exact) mass is 259 g/mol. The van der Waals surface area contributed by atoms with Gasteiger partial charge in [-0.15, -0.1) is 11.3 Å². The molecule has 3 rings (SSSR count). The van der Waals surface area contributed by atoms with Gasteiger partial charge in [0.2, 0.25) is 0 Å². The maximum atomic E-state index is 3.42. The summed E-state index contributed by atoms with van der Waals surface area (Å²) in [6.07, 6.45) is 0. The molecular formula is C14H13NS2. The molecule has 1 aromatic carbocycles. The third-order valence-electron chi connectivity index (χ3n) is 2.99. The van der Waals surface area contributed by atoms with E-state index in [0.29, 0.717) is 6.04 Å². The van der Waals surface area contributed by atoms with Crippen LogP contribution in [-0.4, -0.2) is 7.05 Å². The van der Waals surface area contributed by atoms with E-state index in [4.69, 9.17) is 0 Å². The van der Waals surface area contributed by atoms with Gasteiger partial charge >= 0.3 is 0 Å². The van der Waals surface area contributed by atoms with Crippen molar-refractivity contribution in [1.82, 2.24) is 5.32 Å². The maximum absolute atomic E-state index is 3.42. The molecule has 0 spiro atoms. The van der Waals surface area contributed by atoms with Crippen molar-refractivity contribution >= 4 is 32.8 Å². The molecule has 0 aliphatic carbocycles. The number of hydrogen-bond acceptors (Lipinski definition) is 3. The van der Waals surface area contributed by atoms with E-state index in [0.717, 1.165) is 0 Å². The van der Waals surface area contributed by atoms with Crippen LogP contribution < -0.4 is 5.32 Å². The number of rotatable bonds is 3. The second-order valence-corrected chi connectivity index (χ2v) is 5.66. The van der Waals surface area contributed by atoms with Crippen molar-refractivity contribution in [2.24, 2.45) is 0 Å². The Kier molecular flexibility index (Phi) is 2.97. The second kappa shape index (κ2) is 4.61. The predicted molar refractivity (Wildman–Crippen MR) is 77.0 cm³/mol. The fraction of sp³-hybridized carbons (Fsp3) is 0.143. The van der Waals surface area contributed by atoms with Crippen LogP contribution in [0, 0.1) is 0 Å². The smallest absolute Gasteiger partial charge is 0.0596 e. The van der Waals surface area contributed by atoms with E-state index in [1.54, 1.807) is 11.3 Å². The fourth-order valence-electron chi connectivity index (χ4n) is 2.18. The highest BCUT2D eigenvalue weighted by atomic mass is 32.1. The molecule has 0 amide bonds. The largest absolute Gasteiger partial charge is 0.309 e. The molecule has 0 saturated carbocycles. The van der Waals surface area contributed by atoms with Gasteiger partial charge in [0.1, 0.15) is 0 Å². The molecule has 1 atom stereocenters. The number of hydrogen-bond donors (Lipinski definition) is 1. The standard InChI is InChI=1S/C14H13NS2/c1-15-13(11-5-7-16-9-11)12-4-2-3-10-6-8-17-14(10)12/h2-9,13,15H,1H3. The summed E-state index contributed by atoms with van der Waals surface area (Å²) >= 11 is 3.57. The molecule has 3 aromatic rings. The SMILES string of the molecule is CNC(c1ccsc1)c1cccc2ccsc12. The van der Waals surface area contributed by atoms with Crippen LogP contribution in [0.25, 0.3) is 10.1 Å². The van der Waals surface area contributed by atoms with E-state index < -0.39 is 0 Å². The van der Waals surface area contributed by atoms with E-state index in [-0.39, 0.29) is 0 Å². The lowest BCUT2D eigenvalue weighted by Gasteiger charge is -2.16. The number of nitrogens with one attached hydrogen (secondary N) is 1. The summed E-state index contributed by atoms with van der Waals surface area (Å²) in [5, 5.41) is 11.3. The first kappa shape index (κ1) is 11.0. The van der Waals surface area contributed by atoms with Crippen molar-refractivity contribution in [1.29, 1.82) is 0 Å². The summed E-state index contributed by atoms with van der Waals surface area (Å²) in [4.78, 5) is 0. The molecule has 1 unspecified atom stereocenters. The van der Waals surface area contributed by atoms with Gasteiger partial charge in [0, 0.05) is 4.70 Å². The lowest BCUT2D eigenvalue weighted by Crippen LogP contribution is -2.16. The third kappa shape index (κ3) is 1.90. The van der Waals surface area contributed by atoms with Gasteiger partial charge in [0.25, 0.3) is 0 Å². The molecule has 2 aromatic heterocycles. The van der Waals surface area contributed by atoms with Crippen molar-refractivity contribution in [3.05, 3.63) is 57.6 Å². The van der Waals surface area contributed by atoms with E-state index in [9.17, 15) is 0 Å². The van der Waals surface area contributed by atoms with Gasteiger partial charge in [-0.05, 0) is 51.8 Å². The highest BCUT2D eigenvalue weighted by Gasteiger charge is 2.15. The van der Waals surface area contributed by atoms with E-state index in [1.165, 1.54) is 21.2 Å². The molecule has 1 N–H and O–H groups in total. The summed E-state index contributed by atoms with van der Waals surface area (Å²) in [5.41, 5.74) is 2.72. The van der Waals surface area contributed by atoms with E-state index in [1.807, 2.05) is 18.4 Å². The predicted octanol–water partition coefficient (Wildman–Crippen LogP) is 4.27. The van der Waals surface area contributed by atoms with Crippen molar-refractivity contribution < 1.29 is 0 Å². The molecule has 0 bridgehead atoms. The van der Waals surface area contributed by atoms with Gasteiger partial charge in [-0.25, -0.2) is 0 Å². The van der Waals surface area contributed by atoms with Crippen LogP contribution >= 0.6 is 22.7 Å². The first-order valence-electron chi connectivity index (χ1n) is 5.55. The minimum atomic E-state index is 0.295. The Balaban J connectivity index is 2.16. The zero-order chi connectivity index (χ0) is 11.7. The Morgan fingerprint density at radius 1 is 1.12 bits per heavy atom. The molecule has 3 heteroatoms. The van der Waals surface area contributed by atoms with Gasteiger partial charge in [-0.3, -0.25) is 0 Å². The molecule has 1 nitrogen and oxygen atoms in total. The number of thiophene rings is 2. The lowest BCUT2D eigenvalue weighted by atomic mass is 10.0. The molecule has 17 heavy (non-hydrogen) atoms. The Morgan fingerprint density at radius 2 is 2.06 bits per heavy atom. The molecular weight excluding hydrogens is 246 g/mol. The average molecular weight is 259 g/mol. The van der Waals surface area contributed by atoms with Crippen LogP contribution in [0.1, 0.15) is 17.2 Å². The minimum absolute atomic E-state index is 0.295. The Morgan fingerprint density at radius 3 is 2.82 bits per heavy atom. The zero-order valence-electron chi connectivity index (χ0n) is 9.51. The first-order valence-corrected chi connectivity index (χ1v) is 7.38. The quantitative estimate of drug-likeness (QED) is 0.740. The highest BCUT2D eigenvalue weighted by Crippen LogP contribution is 2.32. The molecule has 0 saturated heterocycles. The summed E-state index contributed by atoms with van der Waals surface area (Å²) < 4.78 is 1.39. The van der Waals surface area contributed by atoms with Crippen LogP contribution in [0.5, 0.6) is 0 Å². The topological polar surface area (TPSA) is 12.0 Å². The Labute approximate surface area is 109 Å². The second-order valence-electron chi connectivity index (χ2n) is 3.96. The van der Waals surface area contributed by atoms with Crippen LogP contribution in [0.4, 0.5) is 0 Å². The lowest BCUT2D eigenvalue weighted by molar-refractivity contribution is 0.700. The van der Waals surface area contributed by atoms with Gasteiger partial charge in [0.05, 0.1) is 6.04 Å². The van der Waals surface area contributed by atoms with Crippen LogP contribution in [-0.2, 0) is 0 Å². The Bertz CT molecular complexity index is 610. The summed E-state index contributed by atoms with van der Waals surface area (Å²) in [7, 11) is 2.02. The molecule has 0 aliphatic rings. The normalized spacial score (nSPS) is 13.0. The highest BCUT2D eigenvalue weighted by molar-refractivity contribution is 7.17. The van der Waals surface area contributed by atoms with Gasteiger partial charge in [0.15, 0.2) is 0 Å². The molecule has 0 radical (unpaired) electrons. The average Bonchev–Trinajstić information content (AvgIpc) is 3.00. The molecule has 2 heterocycles. The van der Waals surface area contributed by atoms with E-state index in [2.05, 4.69) is 51.8 Å². The number of fused-ring (bicyclic) bond motifs is 1. The van der Waals surface area contributed by atoms with E-state index >= 15 is 0 Å². The third-order valence-corrected chi connectivity index (χ3v) is 4.67. The van der Waals surface area contributed by atoms with Crippen molar-refractivity contribution in [2.75, 3.05) is 7.05 Å². The fourth-order valence-corrected chi connectivity index (χ4v) is 3.82. The summed E-state index contributed by atoms with van der Waals surface area (Å²) in [6.45, 7) is 0. The van der Waals surface area contributed by atoms with Crippen molar-refractivity contribution in [2.45, 2.75) is 6.04 Å². The maximum Gasteiger partial charge on any atom is 0.0596 e. The summed E-state index contributed by atoms with van der Waals surface area (Å²) in [6, 6.07) is 11.2. The minimum Gasteiger partial charge on any atom is -0.309 e. The Hall–Kier alpha value is -1.16. The summed E-state index contributed by atoms with van der Waals surface area (Å²) in [5.74, 6) is 0. The van der Waals surface area contributed by atoms with Crippen molar-refractivity contribution in [3.63, 3.8) is 0 Å². The molecule has 0 aliphatic heterocycles. The number of benzene rings is 1. The van der Waals surface area contributed by atoms with Gasteiger partial charge in [-0.1, -0.05) is 18.2 Å². The zero-order valence-corrected chi connectivity index (χ0v) is 11.1. The van der Waals surface area contributed by atoms with Crippen LogP contribution in [0.2, 0.25) is 0 Å². The van der Waals surface area contributed by atoms with Gasteiger partial charge < -0.3 is 5.32 Å². The molecule has 86 valence electrons.